The highest BCUT2D eigenvalue weighted by Crippen LogP contribution is 2.51. The average molecular weight is 565 g/mol. The highest BCUT2D eigenvalue weighted by molar-refractivity contribution is 7.52. The minimum absolute atomic E-state index is 0.00647. The molecule has 1 aromatic carbocycles. The van der Waals surface area contributed by atoms with Crippen molar-refractivity contribution in [1.29, 1.82) is 0 Å². The van der Waals surface area contributed by atoms with E-state index in [4.69, 9.17) is 38.5 Å². The fraction of sp³-hybridized carbons (Fsp3) is 0.500. The number of hydrogen-bond acceptors (Lipinski definition) is 12. The van der Waals surface area contributed by atoms with Gasteiger partial charge in [0.05, 0.1) is 38.9 Å². The number of nitrogens with zero attached hydrogens (tertiary/aromatic N) is 4. The maximum absolute atomic E-state index is 13.6. The lowest BCUT2D eigenvalue weighted by molar-refractivity contribution is -0.199. The minimum atomic E-state index is -3.79. The van der Waals surface area contributed by atoms with E-state index >= 15 is 0 Å². The summed E-state index contributed by atoms with van der Waals surface area (Å²) in [6, 6.07) is 8.81. The van der Waals surface area contributed by atoms with Gasteiger partial charge < -0.3 is 34.0 Å². The molecule has 2 fully saturated rings. The van der Waals surface area contributed by atoms with Crippen molar-refractivity contribution in [2.45, 2.75) is 50.7 Å². The van der Waals surface area contributed by atoms with E-state index in [9.17, 15) is 4.57 Å². The summed E-state index contributed by atoms with van der Waals surface area (Å²) in [5.41, 5.74) is 6.22. The van der Waals surface area contributed by atoms with Gasteiger partial charge in [0.25, 0.3) is 0 Å². The predicted octanol–water partition coefficient (Wildman–Crippen LogP) is 2.85. The number of anilines is 1. The van der Waals surface area contributed by atoms with E-state index in [2.05, 4.69) is 20.0 Å². The smallest absolute Gasteiger partial charge is 0.460 e. The van der Waals surface area contributed by atoms with E-state index in [1.807, 2.05) is 26.7 Å². The standard InChI is InChI=1S/C23H31N6O7P.CH2O/c1-15(2)32-14-26-37(30,36-16-7-5-4-6-8-16)34-12-17-11-23(9-10-33-23)21(35-17)29-13-25-18-19(29)27-22(24)28-20(18)31-3;1-2/h4-8,13,15,17,21H,9-12,14H2,1-3H3,(H,26,30)(H2,24,27,28);1H2/t17?,21?,23-,37?;/m1./s1. The molecule has 4 heterocycles. The van der Waals surface area contributed by atoms with Gasteiger partial charge in [-0.3, -0.25) is 9.09 Å². The second-order valence-electron chi connectivity index (χ2n) is 9.11. The maximum Gasteiger partial charge on any atom is 0.460 e. The average Bonchev–Trinajstić information content (AvgIpc) is 3.50. The van der Waals surface area contributed by atoms with Gasteiger partial charge in [-0.1, -0.05) is 18.2 Å². The van der Waals surface area contributed by atoms with E-state index in [0.717, 1.165) is 6.42 Å². The van der Waals surface area contributed by atoms with Crippen molar-refractivity contribution in [3.8, 4) is 11.6 Å². The van der Waals surface area contributed by atoms with Crippen LogP contribution in [0.3, 0.4) is 0 Å². The number of ether oxygens (including phenoxy) is 4. The number of nitrogens with two attached hydrogens (primary N) is 1. The highest BCUT2D eigenvalue weighted by Gasteiger charge is 2.55. The van der Waals surface area contributed by atoms with Crippen LogP contribution in [0.1, 0.15) is 32.9 Å². The number of rotatable bonds is 11. The number of methoxy groups -OCH3 is 1. The number of aromatic nitrogens is 4. The highest BCUT2D eigenvalue weighted by atomic mass is 31.2. The number of fused-ring (bicyclic) bond motifs is 1. The predicted molar refractivity (Wildman–Crippen MR) is 140 cm³/mol. The van der Waals surface area contributed by atoms with Crippen LogP contribution in [0.25, 0.3) is 11.2 Å². The van der Waals surface area contributed by atoms with Crippen LogP contribution in [0.5, 0.6) is 11.6 Å². The summed E-state index contributed by atoms with van der Waals surface area (Å²) in [5.74, 6) is 0.737. The van der Waals surface area contributed by atoms with Crippen LogP contribution < -0.4 is 20.1 Å². The largest absolute Gasteiger partial charge is 0.479 e. The molecule has 3 aromatic rings. The van der Waals surface area contributed by atoms with Crippen LogP contribution in [0, 0.1) is 0 Å². The molecule has 5 rings (SSSR count). The first-order valence-electron chi connectivity index (χ1n) is 12.3. The fourth-order valence-electron chi connectivity index (χ4n) is 4.39. The minimum Gasteiger partial charge on any atom is -0.479 e. The Balaban J connectivity index is 0.00000172. The zero-order valence-electron chi connectivity index (χ0n) is 22.0. The fourth-order valence-corrected chi connectivity index (χ4v) is 5.59. The molecule has 0 radical (unpaired) electrons. The molecule has 2 aliphatic rings. The van der Waals surface area contributed by atoms with E-state index < -0.39 is 25.7 Å². The first-order chi connectivity index (χ1) is 18.8. The number of imidazole rings is 1. The van der Waals surface area contributed by atoms with Gasteiger partial charge in [-0.2, -0.15) is 15.1 Å². The molecule has 2 saturated heterocycles. The number of nitrogens with one attached hydrogen (secondary N) is 1. The number of hydrogen-bond donors (Lipinski definition) is 2. The van der Waals surface area contributed by atoms with Crippen molar-refractivity contribution in [2.75, 3.05) is 32.8 Å². The summed E-state index contributed by atoms with van der Waals surface area (Å²) < 4.78 is 50.1. The molecule has 212 valence electrons. The zero-order valence-corrected chi connectivity index (χ0v) is 22.9. The number of benzene rings is 1. The lowest BCUT2D eigenvalue weighted by Crippen LogP contribution is -2.48. The first-order valence-corrected chi connectivity index (χ1v) is 13.8. The summed E-state index contributed by atoms with van der Waals surface area (Å²) >= 11 is 0. The van der Waals surface area contributed by atoms with Gasteiger partial charge in [-0.25, -0.2) is 9.55 Å². The second-order valence-corrected chi connectivity index (χ2v) is 10.9. The molecule has 0 bridgehead atoms. The van der Waals surface area contributed by atoms with Crippen molar-refractivity contribution in [1.82, 2.24) is 24.6 Å². The molecule has 0 aliphatic carbocycles. The third kappa shape index (κ3) is 6.38. The molecule has 0 amide bonds. The Bertz CT molecular complexity index is 1290. The first kappa shape index (κ1) is 28.9. The number of carbonyl (C=O) groups excluding carboxylic acids is 1. The molecule has 39 heavy (non-hydrogen) atoms. The van der Waals surface area contributed by atoms with E-state index in [1.54, 1.807) is 35.2 Å². The molecule has 3 unspecified atom stereocenters. The Morgan fingerprint density at radius 3 is 2.67 bits per heavy atom. The Morgan fingerprint density at radius 1 is 1.28 bits per heavy atom. The van der Waals surface area contributed by atoms with Gasteiger partial charge in [-0.15, -0.1) is 0 Å². The van der Waals surface area contributed by atoms with E-state index in [0.29, 0.717) is 29.9 Å². The molecular formula is C24H33N6O8P. The second kappa shape index (κ2) is 12.4. The molecule has 2 aromatic heterocycles. The molecule has 1 spiro atoms. The Hall–Kier alpha value is -3.13. The Kier molecular flexibility index (Phi) is 9.15. The van der Waals surface area contributed by atoms with Crippen LogP contribution in [-0.4, -0.2) is 71.2 Å². The van der Waals surface area contributed by atoms with Crippen molar-refractivity contribution >= 4 is 31.6 Å². The van der Waals surface area contributed by atoms with Crippen LogP contribution in [0.4, 0.5) is 5.95 Å². The van der Waals surface area contributed by atoms with Crippen molar-refractivity contribution < 1.29 is 37.4 Å². The summed E-state index contributed by atoms with van der Waals surface area (Å²) in [6.07, 6.45) is 1.84. The molecule has 14 nitrogen and oxygen atoms in total. The number of nitrogen functional groups attached to an aromatic ring is 1. The quantitative estimate of drug-likeness (QED) is 0.257. The summed E-state index contributed by atoms with van der Waals surface area (Å²) in [7, 11) is -2.29. The summed E-state index contributed by atoms with van der Waals surface area (Å²) in [5, 5.41) is 2.77. The van der Waals surface area contributed by atoms with Gasteiger partial charge in [-0.05, 0) is 26.0 Å². The Labute approximate surface area is 225 Å². The molecule has 2 aliphatic heterocycles. The lowest BCUT2D eigenvalue weighted by Gasteiger charge is -2.42. The monoisotopic (exact) mass is 564 g/mol. The van der Waals surface area contributed by atoms with Crippen molar-refractivity contribution in [3.63, 3.8) is 0 Å². The van der Waals surface area contributed by atoms with Crippen LogP contribution >= 0.6 is 7.75 Å². The van der Waals surface area contributed by atoms with Crippen molar-refractivity contribution in [2.24, 2.45) is 0 Å². The number of para-hydroxylation sites is 1. The number of carbonyl (C=O) groups is 1. The van der Waals surface area contributed by atoms with Gasteiger partial charge in [0.2, 0.25) is 11.8 Å². The molecule has 15 heteroatoms. The van der Waals surface area contributed by atoms with Gasteiger partial charge in [0, 0.05) is 12.8 Å². The van der Waals surface area contributed by atoms with Crippen LogP contribution in [-0.2, 0) is 28.1 Å². The van der Waals surface area contributed by atoms with E-state index in [-0.39, 0.29) is 31.3 Å². The topological polar surface area (TPSA) is 171 Å². The van der Waals surface area contributed by atoms with Gasteiger partial charge >= 0.3 is 7.75 Å². The van der Waals surface area contributed by atoms with Crippen LogP contribution in [0.15, 0.2) is 36.7 Å². The van der Waals surface area contributed by atoms with Crippen molar-refractivity contribution in [3.05, 3.63) is 36.7 Å². The van der Waals surface area contributed by atoms with E-state index in [1.165, 1.54) is 7.11 Å². The maximum atomic E-state index is 13.6. The van der Waals surface area contributed by atoms with Gasteiger partial charge in [0.1, 0.15) is 24.9 Å². The van der Waals surface area contributed by atoms with Crippen LogP contribution in [0.2, 0.25) is 0 Å². The summed E-state index contributed by atoms with van der Waals surface area (Å²) in [4.78, 5) is 20.8. The molecular weight excluding hydrogens is 531 g/mol. The normalized spacial score (nSPS) is 23.7. The third-order valence-electron chi connectivity index (χ3n) is 6.19. The Morgan fingerprint density at radius 2 is 2.03 bits per heavy atom. The molecule has 4 atom stereocenters. The lowest BCUT2D eigenvalue weighted by atomic mass is 9.89. The SMILES string of the molecule is C=O.COc1nc(N)nc2c1ncn2C1OC(COP(=O)(NCOC(C)C)Oc2ccccc2)C[C@]12CCO2. The third-order valence-corrected chi connectivity index (χ3v) is 7.64. The summed E-state index contributed by atoms with van der Waals surface area (Å²) in [6.45, 7) is 6.35. The van der Waals surface area contributed by atoms with Gasteiger partial charge in [0.15, 0.2) is 17.4 Å². The zero-order chi connectivity index (χ0) is 28.0. The molecule has 3 N–H and O–H groups in total. The molecule has 0 saturated carbocycles.